The van der Waals surface area contributed by atoms with Crippen LogP contribution in [0.3, 0.4) is 0 Å². The Balaban J connectivity index is 1.93. The van der Waals surface area contributed by atoms with Crippen molar-refractivity contribution in [3.05, 3.63) is 60.2 Å². The molecule has 1 amide bonds. The highest BCUT2D eigenvalue weighted by Crippen LogP contribution is 2.43. The van der Waals surface area contributed by atoms with Gasteiger partial charge in [-0.3, -0.25) is 4.79 Å². The molecule has 2 unspecified atom stereocenters. The average molecular weight is 310 g/mol. The van der Waals surface area contributed by atoms with Gasteiger partial charge < -0.3 is 14.5 Å². The fourth-order valence-corrected chi connectivity index (χ4v) is 3.18. The highest BCUT2D eigenvalue weighted by atomic mass is 16.5. The third-order valence-electron chi connectivity index (χ3n) is 4.27. The van der Waals surface area contributed by atoms with Gasteiger partial charge in [-0.15, -0.1) is 0 Å². The summed E-state index contributed by atoms with van der Waals surface area (Å²) >= 11 is 0. The number of β-lactam (4-membered cyclic amide) rings is 1. The molecule has 1 saturated heterocycles. The number of ether oxygens (including phenoxy) is 1. The number of amides is 1. The zero-order valence-electron chi connectivity index (χ0n) is 13.8. The van der Waals surface area contributed by atoms with Crippen LogP contribution in [0.25, 0.3) is 0 Å². The Morgan fingerprint density at radius 1 is 1.04 bits per heavy atom. The second-order valence-electron chi connectivity index (χ2n) is 6.13. The van der Waals surface area contributed by atoms with Crippen LogP contribution >= 0.6 is 0 Å². The standard InChI is InChI=1S/C19H22N2O2/c1-20(2)13-17-18(14-9-11-16(23-3)12-10-14)21(19(17)22)15-7-5-4-6-8-15/h4-12,17-18H,13H2,1-3H3. The van der Waals surface area contributed by atoms with E-state index < -0.39 is 0 Å². The highest BCUT2D eigenvalue weighted by Gasteiger charge is 2.48. The number of hydrogen-bond acceptors (Lipinski definition) is 3. The van der Waals surface area contributed by atoms with Crippen molar-refractivity contribution in [2.45, 2.75) is 6.04 Å². The van der Waals surface area contributed by atoms with Crippen molar-refractivity contribution in [1.82, 2.24) is 4.90 Å². The van der Waals surface area contributed by atoms with E-state index in [2.05, 4.69) is 17.0 Å². The van der Waals surface area contributed by atoms with Crippen LogP contribution in [-0.4, -0.2) is 38.6 Å². The van der Waals surface area contributed by atoms with Gasteiger partial charge in [0.1, 0.15) is 5.75 Å². The minimum absolute atomic E-state index is 0.0152. The molecule has 0 saturated carbocycles. The average Bonchev–Trinajstić information content (AvgIpc) is 2.58. The van der Waals surface area contributed by atoms with Gasteiger partial charge in [0.25, 0.3) is 0 Å². The number of carbonyl (C=O) groups is 1. The van der Waals surface area contributed by atoms with E-state index >= 15 is 0 Å². The molecule has 1 aliphatic rings. The smallest absolute Gasteiger partial charge is 0.234 e. The maximum absolute atomic E-state index is 12.7. The van der Waals surface area contributed by atoms with E-state index in [1.54, 1.807) is 7.11 Å². The number of rotatable bonds is 5. The Morgan fingerprint density at radius 2 is 1.70 bits per heavy atom. The number of hydrogen-bond donors (Lipinski definition) is 0. The molecule has 2 atom stereocenters. The summed E-state index contributed by atoms with van der Waals surface area (Å²) < 4.78 is 5.24. The number of benzene rings is 2. The highest BCUT2D eigenvalue weighted by molar-refractivity contribution is 6.03. The quantitative estimate of drug-likeness (QED) is 0.796. The van der Waals surface area contributed by atoms with Crippen LogP contribution in [0.15, 0.2) is 54.6 Å². The zero-order valence-corrected chi connectivity index (χ0v) is 13.8. The Hall–Kier alpha value is -2.33. The van der Waals surface area contributed by atoms with Gasteiger partial charge in [-0.1, -0.05) is 30.3 Å². The molecular formula is C19H22N2O2. The Bertz CT molecular complexity index is 668. The summed E-state index contributed by atoms with van der Waals surface area (Å²) in [5.41, 5.74) is 2.09. The van der Waals surface area contributed by atoms with Gasteiger partial charge >= 0.3 is 0 Å². The monoisotopic (exact) mass is 310 g/mol. The van der Waals surface area contributed by atoms with Crippen molar-refractivity contribution in [1.29, 1.82) is 0 Å². The van der Waals surface area contributed by atoms with Crippen LogP contribution in [0.1, 0.15) is 11.6 Å². The molecule has 3 rings (SSSR count). The maximum atomic E-state index is 12.7. The fourth-order valence-electron chi connectivity index (χ4n) is 3.18. The van der Waals surface area contributed by atoms with Crippen molar-refractivity contribution < 1.29 is 9.53 Å². The van der Waals surface area contributed by atoms with Gasteiger partial charge in [0.2, 0.25) is 5.91 Å². The van der Waals surface area contributed by atoms with Gasteiger partial charge in [-0.05, 0) is 43.9 Å². The van der Waals surface area contributed by atoms with Crippen molar-refractivity contribution in [2.24, 2.45) is 5.92 Å². The van der Waals surface area contributed by atoms with E-state index in [9.17, 15) is 4.79 Å². The molecule has 23 heavy (non-hydrogen) atoms. The summed E-state index contributed by atoms with van der Waals surface area (Å²) in [4.78, 5) is 16.6. The molecule has 0 spiro atoms. The largest absolute Gasteiger partial charge is 0.497 e. The minimum atomic E-state index is -0.0152. The first-order valence-corrected chi connectivity index (χ1v) is 7.78. The molecule has 2 aromatic rings. The van der Waals surface area contributed by atoms with Gasteiger partial charge in [0, 0.05) is 12.2 Å². The molecule has 0 bridgehead atoms. The number of carbonyl (C=O) groups excluding carboxylic acids is 1. The van der Waals surface area contributed by atoms with E-state index in [1.165, 1.54) is 0 Å². The van der Waals surface area contributed by atoms with E-state index in [0.717, 1.165) is 23.5 Å². The normalized spacial score (nSPS) is 20.5. The molecule has 120 valence electrons. The minimum Gasteiger partial charge on any atom is -0.497 e. The van der Waals surface area contributed by atoms with E-state index in [4.69, 9.17) is 4.74 Å². The lowest BCUT2D eigenvalue weighted by molar-refractivity contribution is -0.131. The molecule has 1 aliphatic heterocycles. The molecule has 0 aliphatic carbocycles. The zero-order chi connectivity index (χ0) is 16.4. The summed E-state index contributed by atoms with van der Waals surface area (Å²) in [5, 5.41) is 0. The van der Waals surface area contributed by atoms with Crippen LogP contribution in [-0.2, 0) is 4.79 Å². The first kappa shape index (κ1) is 15.6. The predicted octanol–water partition coefficient (Wildman–Crippen LogP) is 2.96. The van der Waals surface area contributed by atoms with Crippen molar-refractivity contribution in [2.75, 3.05) is 32.6 Å². The molecular weight excluding hydrogens is 288 g/mol. The molecule has 2 aromatic carbocycles. The Labute approximate surface area is 137 Å². The van der Waals surface area contributed by atoms with Crippen LogP contribution in [0.2, 0.25) is 0 Å². The topological polar surface area (TPSA) is 32.8 Å². The summed E-state index contributed by atoms with van der Waals surface area (Å²) in [6, 6.07) is 17.9. The maximum Gasteiger partial charge on any atom is 0.234 e. The molecule has 4 heteroatoms. The lowest BCUT2D eigenvalue weighted by Gasteiger charge is -2.48. The summed E-state index contributed by atoms with van der Waals surface area (Å²) in [6.45, 7) is 0.749. The molecule has 0 radical (unpaired) electrons. The first-order valence-electron chi connectivity index (χ1n) is 7.78. The van der Waals surface area contributed by atoms with Gasteiger partial charge in [0.15, 0.2) is 0 Å². The lowest BCUT2D eigenvalue weighted by Crippen LogP contribution is -2.58. The number of anilines is 1. The molecule has 1 fully saturated rings. The van der Waals surface area contributed by atoms with Crippen molar-refractivity contribution >= 4 is 11.6 Å². The predicted molar refractivity (Wildman–Crippen MR) is 91.7 cm³/mol. The SMILES string of the molecule is COc1ccc(C2C(CN(C)C)C(=O)N2c2ccccc2)cc1. The van der Waals surface area contributed by atoms with Gasteiger partial charge in [-0.25, -0.2) is 0 Å². The van der Waals surface area contributed by atoms with Gasteiger partial charge in [-0.2, -0.15) is 0 Å². The van der Waals surface area contributed by atoms with E-state index in [-0.39, 0.29) is 17.9 Å². The number of nitrogens with zero attached hydrogens (tertiary/aromatic N) is 2. The molecule has 4 nitrogen and oxygen atoms in total. The molecule has 0 aromatic heterocycles. The summed E-state index contributed by atoms with van der Waals surface area (Å²) in [6.07, 6.45) is 0. The van der Waals surface area contributed by atoms with E-state index in [0.29, 0.717) is 0 Å². The van der Waals surface area contributed by atoms with Crippen molar-refractivity contribution in [3.63, 3.8) is 0 Å². The summed E-state index contributed by atoms with van der Waals surface area (Å²) in [7, 11) is 5.67. The van der Waals surface area contributed by atoms with Crippen molar-refractivity contribution in [3.8, 4) is 5.75 Å². The Morgan fingerprint density at radius 3 is 2.26 bits per heavy atom. The second kappa shape index (κ2) is 6.42. The fraction of sp³-hybridized carbons (Fsp3) is 0.316. The third kappa shape index (κ3) is 2.94. The molecule has 1 heterocycles. The van der Waals surface area contributed by atoms with Crippen LogP contribution in [0.4, 0.5) is 5.69 Å². The summed E-state index contributed by atoms with van der Waals surface area (Å²) in [5.74, 6) is 0.999. The number of methoxy groups -OCH3 is 1. The van der Waals surface area contributed by atoms with Crippen LogP contribution < -0.4 is 9.64 Å². The lowest BCUT2D eigenvalue weighted by atomic mass is 9.81. The van der Waals surface area contributed by atoms with Crippen LogP contribution in [0, 0.1) is 5.92 Å². The van der Waals surface area contributed by atoms with Crippen LogP contribution in [0.5, 0.6) is 5.75 Å². The van der Waals surface area contributed by atoms with Gasteiger partial charge in [0.05, 0.1) is 19.1 Å². The molecule has 0 N–H and O–H groups in total. The number of para-hydroxylation sites is 1. The second-order valence-corrected chi connectivity index (χ2v) is 6.13. The third-order valence-corrected chi connectivity index (χ3v) is 4.27. The Kier molecular flexibility index (Phi) is 4.35. The first-order chi connectivity index (χ1) is 11.1. The van der Waals surface area contributed by atoms with E-state index in [1.807, 2.05) is 61.5 Å².